The third-order valence-corrected chi connectivity index (χ3v) is 7.98. The number of likely N-dealkylation sites (N-methyl/N-ethyl adjacent to an activating group) is 1. The van der Waals surface area contributed by atoms with E-state index < -0.39 is 12.9 Å². The van der Waals surface area contributed by atoms with E-state index in [2.05, 4.69) is 31.2 Å². The van der Waals surface area contributed by atoms with Crippen LogP contribution in [0.15, 0.2) is 24.3 Å². The van der Waals surface area contributed by atoms with Crippen molar-refractivity contribution in [1.82, 2.24) is 0 Å². The molecule has 3 N–H and O–H groups in total. The van der Waals surface area contributed by atoms with Gasteiger partial charge in [-0.15, -0.1) is 0 Å². The molecule has 6 heteroatoms. The molecule has 0 aromatic carbocycles. The molecule has 0 heterocycles. The van der Waals surface area contributed by atoms with Crippen molar-refractivity contribution >= 4 is 7.60 Å². The van der Waals surface area contributed by atoms with Gasteiger partial charge in [0.2, 0.25) is 5.34 Å². The first-order valence-electron chi connectivity index (χ1n) is 14.4. The molecule has 35 heavy (non-hydrogen) atoms. The number of hydrogen-bond donors (Lipinski definition) is 3. The molecule has 0 aliphatic heterocycles. The Morgan fingerprint density at radius 2 is 0.971 bits per heavy atom. The molecule has 0 amide bonds. The summed E-state index contributed by atoms with van der Waals surface area (Å²) in [6, 6.07) is 0. The van der Waals surface area contributed by atoms with E-state index in [0.717, 1.165) is 32.1 Å². The Bertz CT molecular complexity index is 594. The maximum Gasteiger partial charge on any atom is 0.362 e. The summed E-state index contributed by atoms with van der Waals surface area (Å²) in [5.41, 5.74) is 0. The summed E-state index contributed by atoms with van der Waals surface area (Å²) >= 11 is 0. The second-order valence-corrected chi connectivity index (χ2v) is 13.3. The summed E-state index contributed by atoms with van der Waals surface area (Å²) in [5.74, 6) is 0. The molecule has 0 saturated heterocycles. The number of nitrogens with zero attached hydrogens (tertiary/aromatic N) is 1. The van der Waals surface area contributed by atoms with Crippen LogP contribution in [-0.4, -0.2) is 52.4 Å². The van der Waals surface area contributed by atoms with Gasteiger partial charge in [-0.2, -0.15) is 0 Å². The van der Waals surface area contributed by atoms with E-state index >= 15 is 0 Å². The zero-order chi connectivity index (χ0) is 26.5. The van der Waals surface area contributed by atoms with Gasteiger partial charge in [0.05, 0.1) is 21.1 Å². The molecule has 0 rings (SSSR count). The minimum absolute atomic E-state index is 0.0566. The highest BCUT2D eigenvalue weighted by Gasteiger charge is 2.48. The number of quaternary nitrogens is 1. The average Bonchev–Trinajstić information content (AvgIpc) is 2.75. The molecule has 0 radical (unpaired) electrons. The first kappa shape index (κ1) is 34.6. The zero-order valence-corrected chi connectivity index (χ0v) is 24.5. The molecular weight excluding hydrogens is 457 g/mol. The number of unbranched alkanes of at least 4 members (excludes halogenated alkanes) is 15. The van der Waals surface area contributed by atoms with Crippen molar-refractivity contribution < 1.29 is 23.9 Å². The lowest BCUT2D eigenvalue weighted by molar-refractivity contribution is -0.875. The third-order valence-electron chi connectivity index (χ3n) is 6.53. The van der Waals surface area contributed by atoms with Crippen LogP contribution in [-0.2, 0) is 4.57 Å². The SMILES string of the molecule is CC/C=C\CCCCCCCCCC/C=C\CCCCCCCCC(O)(C[N+](C)(C)C)P(=O)(O)O. The van der Waals surface area contributed by atoms with Crippen molar-refractivity contribution in [2.75, 3.05) is 27.7 Å². The molecule has 0 bridgehead atoms. The van der Waals surface area contributed by atoms with E-state index in [-0.39, 0.29) is 13.0 Å². The van der Waals surface area contributed by atoms with Crippen LogP contribution in [0.3, 0.4) is 0 Å². The Morgan fingerprint density at radius 1 is 0.629 bits per heavy atom. The van der Waals surface area contributed by atoms with Crippen LogP contribution in [0.2, 0.25) is 0 Å². The second-order valence-electron chi connectivity index (χ2n) is 11.4. The molecule has 0 aliphatic carbocycles. The fourth-order valence-electron chi connectivity index (χ4n) is 4.56. The fourth-order valence-corrected chi connectivity index (χ4v) is 5.62. The standard InChI is InChI=1S/C29H58NO4P/c1-5-6-7-8-9-10-11-12-13-14-15-16-17-18-19-20-21-22-23-24-25-26-27-29(31,35(32,33)34)28-30(2,3)4/h6-7,18-19,31H,5,8-17,20-28H2,1-4H3,(H-,32,33,34)/p+1/b7-6-,19-18-. The van der Waals surface area contributed by atoms with Crippen molar-refractivity contribution in [1.29, 1.82) is 0 Å². The largest absolute Gasteiger partial charge is 0.373 e. The summed E-state index contributed by atoms with van der Waals surface area (Å²) in [6.45, 7) is 2.25. The Kier molecular flexibility index (Phi) is 20.3. The fraction of sp³-hybridized carbons (Fsp3) is 0.862. The predicted molar refractivity (Wildman–Crippen MR) is 152 cm³/mol. The zero-order valence-electron chi connectivity index (χ0n) is 23.6. The molecular formula is C29H59NO4P+. The van der Waals surface area contributed by atoms with E-state index in [0.29, 0.717) is 10.9 Å². The molecule has 0 fully saturated rings. The van der Waals surface area contributed by atoms with Crippen LogP contribution in [0.25, 0.3) is 0 Å². The number of rotatable bonds is 24. The van der Waals surface area contributed by atoms with Gasteiger partial charge in [-0.05, 0) is 57.8 Å². The topological polar surface area (TPSA) is 77.8 Å². The highest BCUT2D eigenvalue weighted by Crippen LogP contribution is 2.52. The van der Waals surface area contributed by atoms with Gasteiger partial charge in [0, 0.05) is 0 Å². The molecule has 5 nitrogen and oxygen atoms in total. The number of aliphatic hydroxyl groups is 1. The van der Waals surface area contributed by atoms with Crippen LogP contribution in [0.5, 0.6) is 0 Å². The third kappa shape index (κ3) is 21.4. The lowest BCUT2D eigenvalue weighted by Crippen LogP contribution is -2.49. The monoisotopic (exact) mass is 516 g/mol. The van der Waals surface area contributed by atoms with Gasteiger partial charge in [-0.25, -0.2) is 0 Å². The molecule has 0 aliphatic rings. The van der Waals surface area contributed by atoms with Crippen LogP contribution in [0.4, 0.5) is 0 Å². The number of allylic oxidation sites excluding steroid dienone is 4. The van der Waals surface area contributed by atoms with Crippen molar-refractivity contribution in [2.45, 2.75) is 134 Å². The van der Waals surface area contributed by atoms with Gasteiger partial charge in [-0.1, -0.05) is 95.4 Å². The Labute approximate surface area is 217 Å². The highest BCUT2D eigenvalue weighted by molar-refractivity contribution is 7.53. The molecule has 208 valence electrons. The van der Waals surface area contributed by atoms with Gasteiger partial charge in [0.1, 0.15) is 6.54 Å². The van der Waals surface area contributed by atoms with Crippen molar-refractivity contribution in [3.05, 3.63) is 24.3 Å². The van der Waals surface area contributed by atoms with Crippen molar-refractivity contribution in [2.24, 2.45) is 0 Å². The Hall–Kier alpha value is -0.450. The molecule has 0 saturated carbocycles. The molecule has 1 unspecified atom stereocenters. The minimum atomic E-state index is -4.55. The van der Waals surface area contributed by atoms with Crippen molar-refractivity contribution in [3.8, 4) is 0 Å². The van der Waals surface area contributed by atoms with Gasteiger partial charge < -0.3 is 19.4 Å². The highest BCUT2D eigenvalue weighted by atomic mass is 31.2. The summed E-state index contributed by atoms with van der Waals surface area (Å²) in [6.07, 6.45) is 31.3. The van der Waals surface area contributed by atoms with Gasteiger partial charge >= 0.3 is 7.60 Å². The van der Waals surface area contributed by atoms with Crippen LogP contribution < -0.4 is 0 Å². The lowest BCUT2D eigenvalue weighted by Gasteiger charge is -2.35. The van der Waals surface area contributed by atoms with Crippen LogP contribution in [0, 0.1) is 0 Å². The van der Waals surface area contributed by atoms with Gasteiger partial charge in [0.25, 0.3) is 0 Å². The molecule has 0 spiro atoms. The average molecular weight is 517 g/mol. The first-order valence-corrected chi connectivity index (χ1v) is 16.0. The maximum absolute atomic E-state index is 11.8. The summed E-state index contributed by atoms with van der Waals surface area (Å²) in [5, 5.41) is 8.65. The minimum Gasteiger partial charge on any atom is -0.373 e. The summed E-state index contributed by atoms with van der Waals surface area (Å²) in [4.78, 5) is 19.2. The molecule has 0 aromatic heterocycles. The Morgan fingerprint density at radius 3 is 1.31 bits per heavy atom. The predicted octanol–water partition coefficient (Wildman–Crippen LogP) is 8.10. The van der Waals surface area contributed by atoms with E-state index in [1.807, 2.05) is 21.1 Å². The van der Waals surface area contributed by atoms with E-state index in [1.165, 1.54) is 77.0 Å². The molecule has 1 atom stereocenters. The first-order chi connectivity index (χ1) is 16.5. The smallest absolute Gasteiger partial charge is 0.362 e. The van der Waals surface area contributed by atoms with E-state index in [4.69, 9.17) is 0 Å². The normalized spacial score (nSPS) is 14.8. The second kappa shape index (κ2) is 20.6. The Balaban J connectivity index is 3.55. The maximum atomic E-state index is 11.8. The van der Waals surface area contributed by atoms with Crippen LogP contribution in [0.1, 0.15) is 129 Å². The summed E-state index contributed by atoms with van der Waals surface area (Å²) < 4.78 is 12.1. The van der Waals surface area contributed by atoms with Gasteiger partial charge in [-0.3, -0.25) is 4.57 Å². The van der Waals surface area contributed by atoms with Crippen LogP contribution >= 0.6 is 7.60 Å². The number of hydrogen-bond acceptors (Lipinski definition) is 2. The summed E-state index contributed by atoms with van der Waals surface area (Å²) in [7, 11) is 0.968. The van der Waals surface area contributed by atoms with E-state index in [9.17, 15) is 19.5 Å². The quantitative estimate of drug-likeness (QED) is 0.0524. The molecule has 0 aromatic rings. The van der Waals surface area contributed by atoms with Crippen molar-refractivity contribution in [3.63, 3.8) is 0 Å². The van der Waals surface area contributed by atoms with Gasteiger partial charge in [0.15, 0.2) is 0 Å². The lowest BCUT2D eigenvalue weighted by atomic mass is 10.0. The van der Waals surface area contributed by atoms with E-state index in [1.54, 1.807) is 0 Å².